The number of hydrogen-bond donors (Lipinski definition) is 2. The minimum absolute atomic E-state index is 0.622. The second-order valence-electron chi connectivity index (χ2n) is 6.41. The number of nitrogens with zero attached hydrogens (tertiary/aromatic N) is 6. The van der Waals surface area contributed by atoms with Gasteiger partial charge in [0.2, 0.25) is 0 Å². The Morgan fingerprint density at radius 1 is 0.966 bits per heavy atom. The first-order valence-electron chi connectivity index (χ1n) is 8.86. The number of rotatable bonds is 3. The van der Waals surface area contributed by atoms with Crippen LogP contribution in [-0.2, 0) is 0 Å². The Hall–Kier alpha value is -3.98. The highest BCUT2D eigenvalue weighted by Gasteiger charge is 2.17. The summed E-state index contributed by atoms with van der Waals surface area (Å²) < 4.78 is 0. The van der Waals surface area contributed by atoms with Gasteiger partial charge in [0, 0.05) is 34.6 Å². The lowest BCUT2D eigenvalue weighted by Crippen LogP contribution is -1.88. The standard InChI is InChI=1S/C20H12N8S/c1-2-15(29-7-1)12-5-6-23-19-16(12)25-20(26-19)18-17-14(27-28-18)4-3-13(24-17)11-8-21-10-22-9-11/h1-10H,(H,27,28)(H,23,25,26). The zero-order valence-corrected chi connectivity index (χ0v) is 15.7. The minimum atomic E-state index is 0.622. The summed E-state index contributed by atoms with van der Waals surface area (Å²) in [5.74, 6) is 0.622. The van der Waals surface area contributed by atoms with E-state index in [0.29, 0.717) is 17.2 Å². The molecule has 0 fully saturated rings. The van der Waals surface area contributed by atoms with E-state index in [0.717, 1.165) is 38.2 Å². The third-order valence-electron chi connectivity index (χ3n) is 4.67. The van der Waals surface area contributed by atoms with E-state index >= 15 is 0 Å². The molecule has 0 amide bonds. The van der Waals surface area contributed by atoms with Gasteiger partial charge in [0.05, 0.1) is 16.7 Å². The van der Waals surface area contributed by atoms with E-state index in [9.17, 15) is 0 Å². The van der Waals surface area contributed by atoms with Gasteiger partial charge in [0.1, 0.15) is 11.8 Å². The zero-order chi connectivity index (χ0) is 19.2. The Morgan fingerprint density at radius 3 is 2.76 bits per heavy atom. The van der Waals surface area contributed by atoms with Crippen LogP contribution in [0.15, 0.2) is 60.6 Å². The highest BCUT2D eigenvalue weighted by Crippen LogP contribution is 2.32. The molecule has 0 atom stereocenters. The number of H-pyrrole nitrogens is 2. The maximum absolute atomic E-state index is 4.77. The molecule has 0 saturated carbocycles. The smallest absolute Gasteiger partial charge is 0.178 e. The molecule has 0 aromatic carbocycles. The fraction of sp³-hybridized carbons (Fsp3) is 0. The second-order valence-corrected chi connectivity index (χ2v) is 7.36. The van der Waals surface area contributed by atoms with Gasteiger partial charge >= 0.3 is 0 Å². The van der Waals surface area contributed by atoms with E-state index < -0.39 is 0 Å². The van der Waals surface area contributed by atoms with E-state index in [4.69, 9.17) is 4.98 Å². The monoisotopic (exact) mass is 396 g/mol. The Morgan fingerprint density at radius 2 is 1.90 bits per heavy atom. The van der Waals surface area contributed by atoms with Crippen LogP contribution in [-0.4, -0.2) is 40.1 Å². The second kappa shape index (κ2) is 6.28. The van der Waals surface area contributed by atoms with Gasteiger partial charge in [-0.25, -0.2) is 24.9 Å². The van der Waals surface area contributed by atoms with Gasteiger partial charge in [0.25, 0.3) is 0 Å². The van der Waals surface area contributed by atoms with Gasteiger partial charge in [-0.15, -0.1) is 11.3 Å². The van der Waals surface area contributed by atoms with Crippen LogP contribution < -0.4 is 0 Å². The molecule has 6 rings (SSSR count). The third kappa shape index (κ3) is 2.59. The molecule has 0 aliphatic carbocycles. The van der Waals surface area contributed by atoms with E-state index in [1.54, 1.807) is 29.9 Å². The zero-order valence-electron chi connectivity index (χ0n) is 14.9. The summed E-state index contributed by atoms with van der Waals surface area (Å²) >= 11 is 1.68. The lowest BCUT2D eigenvalue weighted by atomic mass is 10.2. The predicted octanol–water partition coefficient (Wildman–Crippen LogP) is 4.08. The fourth-order valence-electron chi connectivity index (χ4n) is 3.32. The molecular weight excluding hydrogens is 384 g/mol. The summed E-state index contributed by atoms with van der Waals surface area (Å²) in [5, 5.41) is 9.53. The maximum atomic E-state index is 4.77. The van der Waals surface area contributed by atoms with E-state index in [1.165, 1.54) is 6.33 Å². The molecule has 0 spiro atoms. The molecule has 0 bridgehead atoms. The predicted molar refractivity (Wildman–Crippen MR) is 111 cm³/mol. The minimum Gasteiger partial charge on any atom is -0.335 e. The first kappa shape index (κ1) is 16.0. The molecular formula is C20H12N8S. The lowest BCUT2D eigenvalue weighted by molar-refractivity contribution is 1.10. The van der Waals surface area contributed by atoms with Crippen molar-refractivity contribution in [3.8, 4) is 33.2 Å². The van der Waals surface area contributed by atoms with Crippen LogP contribution in [0, 0.1) is 0 Å². The van der Waals surface area contributed by atoms with E-state index in [1.807, 2.05) is 24.3 Å². The quantitative estimate of drug-likeness (QED) is 0.466. The molecule has 29 heavy (non-hydrogen) atoms. The van der Waals surface area contributed by atoms with Crippen molar-refractivity contribution in [2.75, 3.05) is 0 Å². The fourth-order valence-corrected chi connectivity index (χ4v) is 4.07. The Labute approximate surface area is 167 Å². The first-order valence-corrected chi connectivity index (χ1v) is 9.74. The van der Waals surface area contributed by atoms with Crippen molar-refractivity contribution in [2.24, 2.45) is 0 Å². The van der Waals surface area contributed by atoms with Crippen LogP contribution in [0.1, 0.15) is 0 Å². The van der Waals surface area contributed by atoms with Crippen LogP contribution in [0.3, 0.4) is 0 Å². The van der Waals surface area contributed by atoms with Crippen molar-refractivity contribution >= 4 is 33.5 Å². The SMILES string of the molecule is c1csc(-c2ccnc3nc(-c4n[nH]c5ccc(-c6cncnc6)nc45)[nH]c23)c1. The normalized spacial score (nSPS) is 11.4. The third-order valence-corrected chi connectivity index (χ3v) is 5.57. The maximum Gasteiger partial charge on any atom is 0.178 e. The average Bonchev–Trinajstić information content (AvgIpc) is 3.52. The Bertz CT molecular complexity index is 1450. The van der Waals surface area contributed by atoms with Gasteiger partial charge in [0.15, 0.2) is 17.2 Å². The molecule has 0 aliphatic heterocycles. The molecule has 0 aliphatic rings. The van der Waals surface area contributed by atoms with E-state index in [-0.39, 0.29) is 0 Å². The van der Waals surface area contributed by atoms with Gasteiger partial charge in [-0.2, -0.15) is 5.10 Å². The van der Waals surface area contributed by atoms with Crippen LogP contribution in [0.4, 0.5) is 0 Å². The van der Waals surface area contributed by atoms with Crippen LogP contribution in [0.2, 0.25) is 0 Å². The summed E-state index contributed by atoms with van der Waals surface area (Å²) in [7, 11) is 0. The van der Waals surface area contributed by atoms with Gasteiger partial charge in [-0.3, -0.25) is 5.10 Å². The number of aromatic nitrogens is 8. The molecule has 138 valence electrons. The summed E-state index contributed by atoms with van der Waals surface area (Å²) in [6.45, 7) is 0. The lowest BCUT2D eigenvalue weighted by Gasteiger charge is -2.00. The highest BCUT2D eigenvalue weighted by molar-refractivity contribution is 7.13. The summed E-state index contributed by atoms with van der Waals surface area (Å²) in [6.07, 6.45) is 6.74. The largest absolute Gasteiger partial charge is 0.335 e. The molecule has 8 nitrogen and oxygen atoms in total. The molecule has 0 saturated heterocycles. The molecule has 0 unspecified atom stereocenters. The van der Waals surface area contributed by atoms with Gasteiger partial charge < -0.3 is 4.98 Å². The Balaban J connectivity index is 1.53. The summed E-state index contributed by atoms with van der Waals surface area (Å²) in [6, 6.07) is 9.96. The van der Waals surface area contributed by atoms with Crippen molar-refractivity contribution in [3.05, 3.63) is 60.6 Å². The van der Waals surface area contributed by atoms with Crippen molar-refractivity contribution in [2.45, 2.75) is 0 Å². The number of hydrogen-bond acceptors (Lipinski definition) is 7. The van der Waals surface area contributed by atoms with Crippen molar-refractivity contribution < 1.29 is 0 Å². The number of fused-ring (bicyclic) bond motifs is 2. The van der Waals surface area contributed by atoms with Crippen LogP contribution in [0.5, 0.6) is 0 Å². The number of nitrogens with one attached hydrogen (secondary N) is 2. The van der Waals surface area contributed by atoms with Crippen LogP contribution >= 0.6 is 11.3 Å². The molecule has 6 heterocycles. The highest BCUT2D eigenvalue weighted by atomic mass is 32.1. The van der Waals surface area contributed by atoms with Crippen molar-refractivity contribution in [1.82, 2.24) is 40.1 Å². The summed E-state index contributed by atoms with van der Waals surface area (Å²) in [5.41, 5.74) is 6.41. The number of pyridine rings is 2. The number of thiophene rings is 1. The first-order chi connectivity index (χ1) is 14.4. The average molecular weight is 396 g/mol. The Kier molecular flexibility index (Phi) is 3.47. The molecule has 0 radical (unpaired) electrons. The molecule has 6 aromatic heterocycles. The molecule has 6 aromatic rings. The number of aromatic amines is 2. The summed E-state index contributed by atoms with van der Waals surface area (Å²) in [4.78, 5) is 26.5. The van der Waals surface area contributed by atoms with Crippen LogP contribution in [0.25, 0.3) is 55.4 Å². The topological polar surface area (TPSA) is 109 Å². The number of imidazole rings is 1. The van der Waals surface area contributed by atoms with Gasteiger partial charge in [-0.05, 0) is 29.6 Å². The molecule has 9 heteroatoms. The van der Waals surface area contributed by atoms with Gasteiger partial charge in [-0.1, -0.05) is 6.07 Å². The van der Waals surface area contributed by atoms with Crippen molar-refractivity contribution in [1.29, 1.82) is 0 Å². The van der Waals surface area contributed by atoms with E-state index in [2.05, 4.69) is 46.6 Å². The van der Waals surface area contributed by atoms with Crippen molar-refractivity contribution in [3.63, 3.8) is 0 Å². The molecule has 2 N–H and O–H groups in total.